The van der Waals surface area contributed by atoms with Crippen molar-refractivity contribution < 1.29 is 14.1 Å². The Morgan fingerprint density at radius 3 is 2.71 bits per heavy atom. The largest absolute Gasteiger partial charge is 0.455 e. The Hall–Kier alpha value is -4.04. The fourth-order valence-electron chi connectivity index (χ4n) is 4.06. The van der Waals surface area contributed by atoms with Gasteiger partial charge < -0.3 is 9.73 Å². The van der Waals surface area contributed by atoms with Crippen molar-refractivity contribution in [1.29, 1.82) is 0 Å². The molecule has 0 radical (unpaired) electrons. The van der Waals surface area contributed by atoms with Gasteiger partial charge in [-0.05, 0) is 55.5 Å². The van der Waals surface area contributed by atoms with Crippen molar-refractivity contribution in [2.45, 2.75) is 25.7 Å². The Bertz CT molecular complexity index is 1390. The number of furan rings is 1. The second-order valence-corrected chi connectivity index (χ2v) is 9.06. The Kier molecular flexibility index (Phi) is 6.05. The minimum Gasteiger partial charge on any atom is -0.455 e. The van der Waals surface area contributed by atoms with Crippen molar-refractivity contribution in [3.05, 3.63) is 98.6 Å². The van der Waals surface area contributed by atoms with Crippen LogP contribution in [0.3, 0.4) is 0 Å². The van der Waals surface area contributed by atoms with E-state index < -0.39 is 4.92 Å². The van der Waals surface area contributed by atoms with Gasteiger partial charge in [-0.25, -0.2) is 4.99 Å². The maximum atomic E-state index is 13.2. The quantitative estimate of drug-likeness (QED) is 0.190. The molecule has 8 heteroatoms. The van der Waals surface area contributed by atoms with Gasteiger partial charge in [0.1, 0.15) is 16.5 Å². The number of hydrogen-bond donors (Lipinski definition) is 1. The lowest BCUT2D eigenvalue weighted by atomic mass is 9.95. The number of nitrogens with one attached hydrogen (secondary N) is 1. The van der Waals surface area contributed by atoms with Crippen molar-refractivity contribution in [3.63, 3.8) is 0 Å². The highest BCUT2D eigenvalue weighted by Gasteiger charge is 2.25. The number of benzene rings is 2. The van der Waals surface area contributed by atoms with E-state index in [0.717, 1.165) is 36.9 Å². The van der Waals surface area contributed by atoms with E-state index in [4.69, 9.17) is 4.42 Å². The smallest absolute Gasteiger partial charge is 0.270 e. The molecule has 1 aliphatic rings. The number of amides is 1. The molecule has 1 amide bonds. The van der Waals surface area contributed by atoms with Crippen LogP contribution in [0.15, 0.2) is 76.1 Å². The first-order valence-electron chi connectivity index (χ1n) is 11.0. The van der Waals surface area contributed by atoms with Crippen molar-refractivity contribution >= 4 is 39.8 Å². The van der Waals surface area contributed by atoms with Crippen molar-refractivity contribution in [2.24, 2.45) is 4.99 Å². The number of aryl methyl sites for hydroxylation is 1. The van der Waals surface area contributed by atoms with Gasteiger partial charge in [0.25, 0.3) is 11.6 Å². The summed E-state index contributed by atoms with van der Waals surface area (Å²) in [6, 6.07) is 19.2. The number of aliphatic imine (C=N–C) groups is 1. The first kappa shape index (κ1) is 21.8. The zero-order chi connectivity index (χ0) is 23.5. The minimum absolute atomic E-state index is 0.00218. The van der Waals surface area contributed by atoms with E-state index in [1.54, 1.807) is 41.8 Å². The summed E-state index contributed by atoms with van der Waals surface area (Å²) in [7, 11) is 0. The summed E-state index contributed by atoms with van der Waals surface area (Å²) in [5, 5.41) is 14.7. The van der Waals surface area contributed by atoms with E-state index in [9.17, 15) is 14.9 Å². The molecule has 0 unspecified atom stereocenters. The number of thiophene rings is 1. The molecule has 0 atom stereocenters. The predicted molar refractivity (Wildman–Crippen MR) is 133 cm³/mol. The lowest BCUT2D eigenvalue weighted by Gasteiger charge is -2.12. The lowest BCUT2D eigenvalue weighted by Crippen LogP contribution is -2.14. The number of nitro benzene ring substituents is 1. The average molecular weight is 472 g/mol. The third-order valence-electron chi connectivity index (χ3n) is 5.69. The van der Waals surface area contributed by atoms with Crippen LogP contribution in [-0.4, -0.2) is 17.0 Å². The predicted octanol–water partition coefficient (Wildman–Crippen LogP) is 6.80. The van der Waals surface area contributed by atoms with E-state index in [1.165, 1.54) is 17.0 Å². The summed E-state index contributed by atoms with van der Waals surface area (Å²) in [4.78, 5) is 29.7. The van der Waals surface area contributed by atoms with E-state index in [0.29, 0.717) is 27.6 Å². The van der Waals surface area contributed by atoms with Gasteiger partial charge in [0.05, 0.1) is 16.7 Å². The molecule has 1 N–H and O–H groups in total. The van der Waals surface area contributed by atoms with E-state index in [1.807, 2.05) is 30.3 Å². The van der Waals surface area contributed by atoms with Gasteiger partial charge in [0.15, 0.2) is 0 Å². The van der Waals surface area contributed by atoms with E-state index in [-0.39, 0.29) is 11.6 Å². The van der Waals surface area contributed by atoms with Gasteiger partial charge >= 0.3 is 0 Å². The van der Waals surface area contributed by atoms with Gasteiger partial charge in [-0.2, -0.15) is 0 Å². The number of non-ortho nitro benzene ring substituents is 1. The average Bonchev–Trinajstić information content (AvgIpc) is 3.48. The molecule has 0 saturated carbocycles. The summed E-state index contributed by atoms with van der Waals surface area (Å²) in [5.41, 5.74) is 3.08. The maximum absolute atomic E-state index is 13.2. The molecular weight excluding hydrogens is 450 g/mol. The second kappa shape index (κ2) is 9.44. The molecule has 7 nitrogen and oxygen atoms in total. The first-order valence-corrected chi connectivity index (χ1v) is 11.8. The van der Waals surface area contributed by atoms with Gasteiger partial charge in [0, 0.05) is 28.3 Å². The number of nitrogens with zero attached hydrogens (tertiary/aromatic N) is 2. The molecule has 170 valence electrons. The highest BCUT2D eigenvalue weighted by atomic mass is 32.1. The van der Waals surface area contributed by atoms with Crippen LogP contribution in [0.1, 0.15) is 39.4 Å². The van der Waals surface area contributed by atoms with Crippen LogP contribution >= 0.6 is 11.3 Å². The third kappa shape index (κ3) is 4.53. The number of para-hydroxylation sites is 1. The normalized spacial score (nSPS) is 13.1. The Balaban J connectivity index is 1.43. The second-order valence-electron chi connectivity index (χ2n) is 7.98. The minimum atomic E-state index is -0.435. The molecular formula is C26H21N3O4S. The summed E-state index contributed by atoms with van der Waals surface area (Å²) >= 11 is 1.55. The van der Waals surface area contributed by atoms with Crippen LogP contribution in [0.5, 0.6) is 0 Å². The van der Waals surface area contributed by atoms with Gasteiger partial charge in [-0.15, -0.1) is 11.3 Å². The van der Waals surface area contributed by atoms with Crippen LogP contribution in [0.4, 0.5) is 16.4 Å². The molecule has 2 aromatic heterocycles. The number of hydrogen-bond acceptors (Lipinski definition) is 6. The van der Waals surface area contributed by atoms with Crippen LogP contribution in [0.2, 0.25) is 0 Å². The first-order chi connectivity index (χ1) is 16.6. The molecule has 2 heterocycles. The number of carbonyl (C=O) groups excluding carboxylic acids is 1. The summed E-state index contributed by atoms with van der Waals surface area (Å²) in [6.07, 6.45) is 5.59. The van der Waals surface area contributed by atoms with Gasteiger partial charge in [-0.3, -0.25) is 14.9 Å². The zero-order valence-electron chi connectivity index (χ0n) is 18.2. The van der Waals surface area contributed by atoms with Crippen LogP contribution < -0.4 is 5.32 Å². The number of carbonyl (C=O) groups is 1. The SMILES string of the molecule is O=C(Nc1ccccc1)c1c(N=Cc2ccc(-c3cccc([N+](=O)[O-])c3)o2)sc2c1CCCC2. The molecule has 2 aromatic carbocycles. The number of rotatable bonds is 6. The fraction of sp³-hybridized carbons (Fsp3) is 0.154. The molecule has 1 aliphatic carbocycles. The third-order valence-corrected chi connectivity index (χ3v) is 6.89. The fourth-order valence-corrected chi connectivity index (χ4v) is 5.29. The molecule has 0 spiro atoms. The number of fused-ring (bicyclic) bond motifs is 1. The number of nitro groups is 1. The van der Waals surface area contributed by atoms with Crippen LogP contribution in [0, 0.1) is 10.1 Å². The van der Waals surface area contributed by atoms with Gasteiger partial charge in [0.2, 0.25) is 0 Å². The molecule has 0 bridgehead atoms. The Morgan fingerprint density at radius 2 is 1.88 bits per heavy atom. The molecule has 5 rings (SSSR count). The van der Waals surface area contributed by atoms with Crippen LogP contribution in [0.25, 0.3) is 11.3 Å². The Labute approximate surface area is 199 Å². The molecule has 0 fully saturated rings. The zero-order valence-corrected chi connectivity index (χ0v) is 19.0. The summed E-state index contributed by atoms with van der Waals surface area (Å²) < 4.78 is 5.86. The number of anilines is 1. The monoisotopic (exact) mass is 471 g/mol. The molecule has 0 aliphatic heterocycles. The molecule has 0 saturated heterocycles. The topological polar surface area (TPSA) is 97.7 Å². The maximum Gasteiger partial charge on any atom is 0.270 e. The van der Waals surface area contributed by atoms with E-state index in [2.05, 4.69) is 10.3 Å². The highest BCUT2D eigenvalue weighted by Crippen LogP contribution is 2.40. The Morgan fingerprint density at radius 1 is 1.06 bits per heavy atom. The van der Waals surface area contributed by atoms with E-state index >= 15 is 0 Å². The van der Waals surface area contributed by atoms with Crippen molar-refractivity contribution in [2.75, 3.05) is 5.32 Å². The van der Waals surface area contributed by atoms with Crippen molar-refractivity contribution in [1.82, 2.24) is 0 Å². The summed E-state index contributed by atoms with van der Waals surface area (Å²) in [6.45, 7) is 0. The molecule has 4 aromatic rings. The molecule has 34 heavy (non-hydrogen) atoms. The van der Waals surface area contributed by atoms with Gasteiger partial charge in [-0.1, -0.05) is 30.3 Å². The lowest BCUT2D eigenvalue weighted by molar-refractivity contribution is -0.384. The highest BCUT2D eigenvalue weighted by molar-refractivity contribution is 7.16. The van der Waals surface area contributed by atoms with Crippen LogP contribution in [-0.2, 0) is 12.8 Å². The standard InChI is InChI=1S/C26H21N3O4S/c30-25(28-18-8-2-1-3-9-18)24-21-11-4-5-12-23(21)34-26(24)27-16-20-13-14-22(33-20)17-7-6-10-19(15-17)29(31)32/h1-3,6-10,13-16H,4-5,11-12H2,(H,28,30). The van der Waals surface area contributed by atoms with Crippen molar-refractivity contribution in [3.8, 4) is 11.3 Å². The summed E-state index contributed by atoms with van der Waals surface area (Å²) in [5.74, 6) is 0.856.